The Morgan fingerprint density at radius 3 is 2.62 bits per heavy atom. The molecule has 2 aromatic rings. The zero-order chi connectivity index (χ0) is 14.9. The van der Waals surface area contributed by atoms with Crippen molar-refractivity contribution in [1.29, 1.82) is 0 Å². The molecule has 0 aliphatic heterocycles. The summed E-state index contributed by atoms with van der Waals surface area (Å²) < 4.78 is 13.3. The van der Waals surface area contributed by atoms with E-state index in [2.05, 4.69) is 10.5 Å². The topological polar surface area (TPSA) is 41.5 Å². The smallest absolute Gasteiger partial charge is 0.240 e. The molecule has 2 aromatic carbocycles. The van der Waals surface area contributed by atoms with Crippen molar-refractivity contribution in [3.63, 3.8) is 0 Å². The molecule has 0 saturated carbocycles. The average Bonchev–Trinajstić information content (AvgIpc) is 2.50. The van der Waals surface area contributed by atoms with Crippen molar-refractivity contribution in [3.05, 3.63) is 66.0 Å². The number of hydrazone groups is 1. The summed E-state index contributed by atoms with van der Waals surface area (Å²) in [6.45, 7) is 0. The van der Waals surface area contributed by atoms with Gasteiger partial charge in [0.2, 0.25) is 5.91 Å². The van der Waals surface area contributed by atoms with Crippen LogP contribution in [0.3, 0.4) is 0 Å². The van der Waals surface area contributed by atoms with Crippen LogP contribution in [0.15, 0.2) is 64.6 Å². The molecule has 0 spiro atoms. The fourth-order valence-electron chi connectivity index (χ4n) is 1.59. The van der Waals surface area contributed by atoms with E-state index in [4.69, 9.17) is 0 Å². The lowest BCUT2D eigenvalue weighted by molar-refractivity contribution is -0.120. The van der Waals surface area contributed by atoms with E-state index < -0.39 is 0 Å². The van der Waals surface area contributed by atoms with Gasteiger partial charge in [-0.05, 0) is 18.2 Å². The van der Waals surface area contributed by atoms with Crippen LogP contribution in [0.1, 0.15) is 12.0 Å². The minimum absolute atomic E-state index is 0.189. The van der Waals surface area contributed by atoms with Crippen LogP contribution in [-0.4, -0.2) is 17.9 Å². The highest BCUT2D eigenvalue weighted by molar-refractivity contribution is 7.99. The van der Waals surface area contributed by atoms with Gasteiger partial charge in [0.15, 0.2) is 0 Å². The summed E-state index contributed by atoms with van der Waals surface area (Å²) in [5.41, 5.74) is 2.74. The lowest BCUT2D eigenvalue weighted by Gasteiger charge is -2.01. The Balaban J connectivity index is 1.71. The van der Waals surface area contributed by atoms with E-state index in [-0.39, 0.29) is 11.7 Å². The van der Waals surface area contributed by atoms with Crippen LogP contribution < -0.4 is 5.43 Å². The highest BCUT2D eigenvalue weighted by Crippen LogP contribution is 2.17. The van der Waals surface area contributed by atoms with Gasteiger partial charge in [0, 0.05) is 22.6 Å². The number of halogens is 1. The van der Waals surface area contributed by atoms with Crippen molar-refractivity contribution in [2.75, 3.05) is 5.75 Å². The lowest BCUT2D eigenvalue weighted by Crippen LogP contribution is -2.17. The number of thioether (sulfide) groups is 1. The highest BCUT2D eigenvalue weighted by Gasteiger charge is 2.01. The Morgan fingerprint density at radius 1 is 1.14 bits per heavy atom. The Morgan fingerprint density at radius 2 is 1.86 bits per heavy atom. The molecule has 0 bridgehead atoms. The van der Waals surface area contributed by atoms with Gasteiger partial charge < -0.3 is 0 Å². The fraction of sp³-hybridized carbons (Fsp3) is 0.125. The Hall–Kier alpha value is -2.14. The fourth-order valence-corrected chi connectivity index (χ4v) is 2.46. The molecule has 108 valence electrons. The summed E-state index contributed by atoms with van der Waals surface area (Å²) in [4.78, 5) is 12.7. The van der Waals surface area contributed by atoms with Gasteiger partial charge in [-0.2, -0.15) is 5.10 Å². The average molecular weight is 302 g/mol. The third-order valence-corrected chi connectivity index (χ3v) is 3.65. The van der Waals surface area contributed by atoms with Crippen LogP contribution in [0.2, 0.25) is 0 Å². The van der Waals surface area contributed by atoms with E-state index in [1.165, 1.54) is 12.3 Å². The molecular weight excluding hydrogens is 287 g/mol. The monoisotopic (exact) mass is 302 g/mol. The number of hydrogen-bond donors (Lipinski definition) is 1. The number of carbonyl (C=O) groups excluding carboxylic acids is 1. The first-order chi connectivity index (χ1) is 10.3. The van der Waals surface area contributed by atoms with Crippen molar-refractivity contribution >= 4 is 23.9 Å². The van der Waals surface area contributed by atoms with Gasteiger partial charge in [-0.1, -0.05) is 36.4 Å². The summed E-state index contributed by atoms with van der Waals surface area (Å²) in [5.74, 6) is 0.117. The molecule has 0 saturated heterocycles. The molecule has 0 aliphatic carbocycles. The summed E-state index contributed by atoms with van der Waals surface area (Å²) in [6.07, 6.45) is 1.66. The van der Waals surface area contributed by atoms with E-state index >= 15 is 0 Å². The number of carbonyl (C=O) groups is 1. The molecule has 3 nitrogen and oxygen atoms in total. The molecule has 1 amide bonds. The SMILES string of the molecule is O=C(CCSc1ccccc1)N/N=C\c1ccccc1F. The van der Waals surface area contributed by atoms with E-state index in [1.54, 1.807) is 30.0 Å². The maximum absolute atomic E-state index is 13.3. The van der Waals surface area contributed by atoms with Crippen molar-refractivity contribution < 1.29 is 9.18 Å². The molecule has 2 rings (SSSR count). The first-order valence-electron chi connectivity index (χ1n) is 6.50. The van der Waals surface area contributed by atoms with Crippen LogP contribution in [0.4, 0.5) is 4.39 Å². The number of nitrogens with one attached hydrogen (secondary N) is 1. The Bertz CT molecular complexity index is 617. The van der Waals surface area contributed by atoms with Gasteiger partial charge in [-0.15, -0.1) is 11.8 Å². The lowest BCUT2D eigenvalue weighted by atomic mass is 10.2. The second-order valence-electron chi connectivity index (χ2n) is 4.23. The molecule has 5 heteroatoms. The predicted molar refractivity (Wildman–Crippen MR) is 83.9 cm³/mol. The van der Waals surface area contributed by atoms with Crippen molar-refractivity contribution in [3.8, 4) is 0 Å². The molecule has 0 fully saturated rings. The van der Waals surface area contributed by atoms with Crippen LogP contribution in [0.25, 0.3) is 0 Å². The van der Waals surface area contributed by atoms with Crippen LogP contribution in [0.5, 0.6) is 0 Å². The highest BCUT2D eigenvalue weighted by atomic mass is 32.2. The van der Waals surface area contributed by atoms with Gasteiger partial charge in [0.05, 0.1) is 6.21 Å². The minimum Gasteiger partial charge on any atom is -0.273 e. The second-order valence-corrected chi connectivity index (χ2v) is 5.39. The maximum atomic E-state index is 13.3. The molecule has 0 atom stereocenters. The molecule has 1 N–H and O–H groups in total. The van der Waals surface area contributed by atoms with Crippen LogP contribution >= 0.6 is 11.8 Å². The molecule has 0 aromatic heterocycles. The van der Waals surface area contributed by atoms with Crippen molar-refractivity contribution in [2.24, 2.45) is 5.10 Å². The quantitative estimate of drug-likeness (QED) is 0.504. The summed E-state index contributed by atoms with van der Waals surface area (Å²) in [7, 11) is 0. The van der Waals surface area contributed by atoms with E-state index in [9.17, 15) is 9.18 Å². The molecular formula is C16H15FN2OS. The van der Waals surface area contributed by atoms with Crippen LogP contribution in [0, 0.1) is 5.82 Å². The Kier molecular flexibility index (Phi) is 5.97. The largest absolute Gasteiger partial charge is 0.273 e. The number of nitrogens with zero attached hydrogens (tertiary/aromatic N) is 1. The first kappa shape index (κ1) is 15.3. The van der Waals surface area contributed by atoms with E-state index in [0.29, 0.717) is 17.7 Å². The predicted octanol–water partition coefficient (Wildman–Crippen LogP) is 3.46. The zero-order valence-corrected chi connectivity index (χ0v) is 12.1. The summed E-state index contributed by atoms with van der Waals surface area (Å²) in [5, 5.41) is 3.75. The summed E-state index contributed by atoms with van der Waals surface area (Å²) in [6, 6.07) is 16.1. The molecule has 0 radical (unpaired) electrons. The minimum atomic E-state index is -0.366. The van der Waals surface area contributed by atoms with E-state index in [1.807, 2.05) is 30.3 Å². The van der Waals surface area contributed by atoms with E-state index in [0.717, 1.165) is 4.90 Å². The number of hydrogen-bond acceptors (Lipinski definition) is 3. The number of rotatable bonds is 6. The van der Waals surface area contributed by atoms with Gasteiger partial charge in [0.25, 0.3) is 0 Å². The van der Waals surface area contributed by atoms with Gasteiger partial charge in [-0.3, -0.25) is 4.79 Å². The van der Waals surface area contributed by atoms with Gasteiger partial charge in [0.1, 0.15) is 5.82 Å². The Labute approximate surface area is 127 Å². The number of benzene rings is 2. The molecule has 0 unspecified atom stereocenters. The maximum Gasteiger partial charge on any atom is 0.240 e. The third-order valence-electron chi connectivity index (χ3n) is 2.64. The standard InChI is InChI=1S/C16H15FN2OS/c17-15-9-5-4-6-13(15)12-18-19-16(20)10-11-21-14-7-2-1-3-8-14/h1-9,12H,10-11H2,(H,19,20)/b18-12-. The van der Waals surface area contributed by atoms with Gasteiger partial charge >= 0.3 is 0 Å². The van der Waals surface area contributed by atoms with Crippen molar-refractivity contribution in [2.45, 2.75) is 11.3 Å². The second kappa shape index (κ2) is 8.21. The first-order valence-corrected chi connectivity index (χ1v) is 7.48. The summed E-state index contributed by atoms with van der Waals surface area (Å²) >= 11 is 1.61. The zero-order valence-electron chi connectivity index (χ0n) is 11.3. The third kappa shape index (κ3) is 5.39. The molecule has 0 aliphatic rings. The normalized spacial score (nSPS) is 10.7. The van der Waals surface area contributed by atoms with Crippen LogP contribution in [-0.2, 0) is 4.79 Å². The van der Waals surface area contributed by atoms with Crippen molar-refractivity contribution in [1.82, 2.24) is 5.43 Å². The van der Waals surface area contributed by atoms with Gasteiger partial charge in [-0.25, -0.2) is 9.82 Å². The molecule has 21 heavy (non-hydrogen) atoms. The number of amides is 1. The molecule has 0 heterocycles.